The fourth-order valence-corrected chi connectivity index (χ4v) is 3.83. The minimum atomic E-state index is -0.107. The summed E-state index contributed by atoms with van der Waals surface area (Å²) in [4.78, 5) is 11.6. The molecule has 122 valence electrons. The van der Waals surface area contributed by atoms with Crippen molar-refractivity contribution in [3.8, 4) is 0 Å². The van der Waals surface area contributed by atoms with Crippen LogP contribution in [0.15, 0.2) is 11.1 Å². The van der Waals surface area contributed by atoms with Crippen LogP contribution in [-0.4, -0.2) is 34.8 Å². The van der Waals surface area contributed by atoms with Crippen LogP contribution in [0.3, 0.4) is 0 Å². The fourth-order valence-electron chi connectivity index (χ4n) is 2.58. The molecule has 1 aliphatic rings. The van der Waals surface area contributed by atoms with Gasteiger partial charge in [-0.3, -0.25) is 4.79 Å². The highest BCUT2D eigenvalue weighted by Crippen LogP contribution is 2.42. The van der Waals surface area contributed by atoms with E-state index in [0.29, 0.717) is 24.2 Å². The van der Waals surface area contributed by atoms with Gasteiger partial charge in [0.15, 0.2) is 0 Å². The molecule has 4 heteroatoms. The van der Waals surface area contributed by atoms with Crippen LogP contribution in [0.2, 0.25) is 0 Å². The maximum Gasteiger partial charge on any atom is 0.306 e. The normalized spacial score (nSPS) is 22.2. The standard InChI is InChI=1S/C17H30O3S/c1-14(2)15-6-9-17(3,10-7-15)21-13-8-16(19)20-12-5-4-11-18/h18H,4-13H2,1-3H3. The third-order valence-electron chi connectivity index (χ3n) is 4.19. The molecular weight excluding hydrogens is 284 g/mol. The Balaban J connectivity index is 2.17. The van der Waals surface area contributed by atoms with Crippen molar-refractivity contribution >= 4 is 17.7 Å². The number of rotatable bonds is 8. The first-order chi connectivity index (χ1) is 9.97. The highest BCUT2D eigenvalue weighted by atomic mass is 32.2. The summed E-state index contributed by atoms with van der Waals surface area (Å²) in [6.45, 7) is 7.34. The lowest BCUT2D eigenvalue weighted by Crippen LogP contribution is -2.25. The number of hydrogen-bond donors (Lipinski definition) is 1. The van der Waals surface area contributed by atoms with Crippen molar-refractivity contribution in [1.29, 1.82) is 0 Å². The second kappa shape index (κ2) is 9.52. The van der Waals surface area contributed by atoms with E-state index < -0.39 is 0 Å². The van der Waals surface area contributed by atoms with E-state index in [-0.39, 0.29) is 12.6 Å². The Morgan fingerprint density at radius 2 is 1.95 bits per heavy atom. The summed E-state index contributed by atoms with van der Waals surface area (Å²) in [6, 6.07) is 0. The number of carbonyl (C=O) groups is 1. The molecule has 0 atom stereocenters. The van der Waals surface area contributed by atoms with Crippen molar-refractivity contribution in [2.45, 2.75) is 70.5 Å². The SMILES string of the molecule is CC(C)=C1CCC(C)(SCCC(=O)OCCCCO)CC1. The quantitative estimate of drug-likeness (QED) is 0.416. The van der Waals surface area contributed by atoms with Gasteiger partial charge in [-0.1, -0.05) is 18.1 Å². The zero-order chi connectivity index (χ0) is 15.7. The molecule has 1 aliphatic carbocycles. The third-order valence-corrected chi connectivity index (χ3v) is 5.70. The van der Waals surface area contributed by atoms with E-state index in [1.54, 1.807) is 5.57 Å². The minimum absolute atomic E-state index is 0.107. The summed E-state index contributed by atoms with van der Waals surface area (Å²) in [7, 11) is 0. The molecule has 0 spiro atoms. The van der Waals surface area contributed by atoms with Gasteiger partial charge in [-0.25, -0.2) is 0 Å². The van der Waals surface area contributed by atoms with Crippen molar-refractivity contribution in [2.24, 2.45) is 0 Å². The minimum Gasteiger partial charge on any atom is -0.466 e. The van der Waals surface area contributed by atoms with E-state index in [2.05, 4.69) is 20.8 Å². The summed E-state index contributed by atoms with van der Waals surface area (Å²) >= 11 is 1.92. The van der Waals surface area contributed by atoms with E-state index in [1.807, 2.05) is 11.8 Å². The van der Waals surface area contributed by atoms with Gasteiger partial charge in [0.25, 0.3) is 0 Å². The molecular formula is C17H30O3S. The summed E-state index contributed by atoms with van der Waals surface area (Å²) < 4.78 is 5.46. The molecule has 1 N–H and O–H groups in total. The first-order valence-corrected chi connectivity index (χ1v) is 9.01. The number of carbonyl (C=O) groups excluding carboxylic acids is 1. The summed E-state index contributed by atoms with van der Waals surface area (Å²) in [5.41, 5.74) is 3.10. The van der Waals surface area contributed by atoms with Crippen molar-refractivity contribution in [2.75, 3.05) is 19.0 Å². The Morgan fingerprint density at radius 3 is 2.52 bits per heavy atom. The molecule has 1 rings (SSSR count). The Hall–Kier alpha value is -0.480. The second-order valence-electron chi connectivity index (χ2n) is 6.30. The van der Waals surface area contributed by atoms with Crippen LogP contribution in [0.5, 0.6) is 0 Å². The topological polar surface area (TPSA) is 46.5 Å². The van der Waals surface area contributed by atoms with E-state index >= 15 is 0 Å². The van der Waals surface area contributed by atoms with Crippen LogP contribution in [0.25, 0.3) is 0 Å². The van der Waals surface area contributed by atoms with Gasteiger partial charge in [0.1, 0.15) is 0 Å². The lowest BCUT2D eigenvalue weighted by Gasteiger charge is -2.34. The molecule has 21 heavy (non-hydrogen) atoms. The molecule has 1 fully saturated rings. The van der Waals surface area contributed by atoms with Crippen LogP contribution in [0.4, 0.5) is 0 Å². The van der Waals surface area contributed by atoms with E-state index in [4.69, 9.17) is 9.84 Å². The zero-order valence-corrected chi connectivity index (χ0v) is 14.6. The molecule has 0 aromatic heterocycles. The van der Waals surface area contributed by atoms with Crippen LogP contribution < -0.4 is 0 Å². The van der Waals surface area contributed by atoms with Gasteiger partial charge < -0.3 is 9.84 Å². The van der Waals surface area contributed by atoms with Gasteiger partial charge >= 0.3 is 5.97 Å². The van der Waals surface area contributed by atoms with Crippen molar-refractivity contribution < 1.29 is 14.6 Å². The highest BCUT2D eigenvalue weighted by Gasteiger charge is 2.29. The third kappa shape index (κ3) is 7.37. The smallest absolute Gasteiger partial charge is 0.306 e. The van der Waals surface area contributed by atoms with E-state index in [9.17, 15) is 4.79 Å². The van der Waals surface area contributed by atoms with Crippen LogP contribution >= 0.6 is 11.8 Å². The molecule has 0 bridgehead atoms. The number of thioether (sulfide) groups is 1. The van der Waals surface area contributed by atoms with Crippen molar-refractivity contribution in [1.82, 2.24) is 0 Å². The molecule has 0 amide bonds. The van der Waals surface area contributed by atoms with Gasteiger partial charge in [0, 0.05) is 17.1 Å². The molecule has 0 radical (unpaired) electrons. The predicted molar refractivity (Wildman–Crippen MR) is 89.6 cm³/mol. The molecule has 0 aromatic rings. The second-order valence-corrected chi connectivity index (χ2v) is 7.99. The molecule has 0 heterocycles. The van der Waals surface area contributed by atoms with Gasteiger partial charge in [-0.2, -0.15) is 11.8 Å². The fraction of sp³-hybridized carbons (Fsp3) is 0.824. The first kappa shape index (κ1) is 18.6. The number of aliphatic hydroxyl groups excluding tert-OH is 1. The maximum absolute atomic E-state index is 11.6. The number of ether oxygens (including phenoxy) is 1. The monoisotopic (exact) mass is 314 g/mol. The molecule has 0 aliphatic heterocycles. The predicted octanol–water partition coefficient (Wildman–Crippen LogP) is 4.09. The largest absolute Gasteiger partial charge is 0.466 e. The number of hydrogen-bond acceptors (Lipinski definition) is 4. The Bertz CT molecular complexity index is 349. The summed E-state index contributed by atoms with van der Waals surface area (Å²) in [5, 5.41) is 8.65. The van der Waals surface area contributed by atoms with Crippen molar-refractivity contribution in [3.05, 3.63) is 11.1 Å². The Morgan fingerprint density at radius 1 is 1.29 bits per heavy atom. The van der Waals surface area contributed by atoms with Crippen molar-refractivity contribution in [3.63, 3.8) is 0 Å². The van der Waals surface area contributed by atoms with Gasteiger partial charge in [-0.05, 0) is 52.4 Å². The van der Waals surface area contributed by atoms with Crippen LogP contribution in [0.1, 0.15) is 65.7 Å². The van der Waals surface area contributed by atoms with Crippen LogP contribution in [0, 0.1) is 0 Å². The molecule has 0 saturated heterocycles. The molecule has 0 aromatic carbocycles. The summed E-state index contributed by atoms with van der Waals surface area (Å²) in [6.07, 6.45) is 6.78. The highest BCUT2D eigenvalue weighted by molar-refractivity contribution is 8.00. The number of esters is 1. The average Bonchev–Trinajstić information content (AvgIpc) is 2.44. The van der Waals surface area contributed by atoms with Gasteiger partial charge in [0.05, 0.1) is 13.0 Å². The molecule has 3 nitrogen and oxygen atoms in total. The van der Waals surface area contributed by atoms with E-state index in [1.165, 1.54) is 31.3 Å². The van der Waals surface area contributed by atoms with E-state index in [0.717, 1.165) is 12.2 Å². The van der Waals surface area contributed by atoms with Gasteiger partial charge in [-0.15, -0.1) is 0 Å². The molecule has 1 saturated carbocycles. The molecule has 0 unspecified atom stereocenters. The summed E-state index contributed by atoms with van der Waals surface area (Å²) in [5.74, 6) is 0.740. The zero-order valence-electron chi connectivity index (χ0n) is 13.7. The number of unbranched alkanes of at least 4 members (excludes halogenated alkanes) is 1. The lowest BCUT2D eigenvalue weighted by molar-refractivity contribution is -0.143. The lowest BCUT2D eigenvalue weighted by atomic mass is 9.84. The Kier molecular flexibility index (Phi) is 8.42. The van der Waals surface area contributed by atoms with Gasteiger partial charge in [0.2, 0.25) is 0 Å². The first-order valence-electron chi connectivity index (χ1n) is 8.02. The maximum atomic E-state index is 11.6. The number of aliphatic hydroxyl groups is 1. The average molecular weight is 314 g/mol. The Labute approximate surface area is 133 Å². The van der Waals surface area contributed by atoms with Crippen LogP contribution in [-0.2, 0) is 9.53 Å². The number of allylic oxidation sites excluding steroid dienone is 2.